The van der Waals surface area contributed by atoms with Gasteiger partial charge < -0.3 is 9.84 Å². The quantitative estimate of drug-likeness (QED) is 0.676. The number of aryl methyl sites for hydroxylation is 1. The predicted octanol–water partition coefficient (Wildman–Crippen LogP) is 4.13. The number of amides is 1. The van der Waals surface area contributed by atoms with Crippen LogP contribution in [0.15, 0.2) is 46.1 Å². The summed E-state index contributed by atoms with van der Waals surface area (Å²) < 4.78 is 5.14. The van der Waals surface area contributed by atoms with Crippen molar-refractivity contribution in [3.05, 3.63) is 52.9 Å². The van der Waals surface area contributed by atoms with Crippen LogP contribution in [0.5, 0.6) is 0 Å². The molecule has 0 aliphatic rings. The molecule has 0 atom stereocenters. The van der Waals surface area contributed by atoms with Crippen molar-refractivity contribution in [1.82, 2.24) is 15.1 Å². The van der Waals surface area contributed by atoms with E-state index in [4.69, 9.17) is 16.1 Å². The van der Waals surface area contributed by atoms with Crippen molar-refractivity contribution in [2.45, 2.75) is 18.9 Å². The molecule has 3 aromatic rings. The summed E-state index contributed by atoms with van der Waals surface area (Å²) in [6, 6.07) is 9.01. The number of carbonyl (C=O) groups excluding carboxylic acids is 1. The number of carbonyl (C=O) groups is 1. The van der Waals surface area contributed by atoms with Crippen LogP contribution in [0.4, 0.5) is 5.69 Å². The molecule has 2 aromatic heterocycles. The third-order valence-electron chi connectivity index (χ3n) is 3.40. The number of halogens is 1. The molecule has 0 aliphatic heterocycles. The standard InChI is InChI=1S/C17H15ClN4O2S/c1-10-13(18)4-3-5-14(10)21-15(23)9-25-16-8-12(6-7-19-16)17-20-11(2)22-24-17/h3-8H,9H2,1-2H3,(H,21,23). The van der Waals surface area contributed by atoms with E-state index >= 15 is 0 Å². The van der Waals surface area contributed by atoms with Crippen LogP contribution < -0.4 is 5.32 Å². The van der Waals surface area contributed by atoms with E-state index in [2.05, 4.69) is 20.4 Å². The third-order valence-corrected chi connectivity index (χ3v) is 4.74. The molecule has 8 heteroatoms. The molecule has 2 heterocycles. The van der Waals surface area contributed by atoms with E-state index < -0.39 is 0 Å². The van der Waals surface area contributed by atoms with Gasteiger partial charge in [-0.25, -0.2) is 4.98 Å². The molecule has 128 valence electrons. The number of nitrogens with zero attached hydrogens (tertiary/aromatic N) is 3. The SMILES string of the molecule is Cc1noc(-c2ccnc(SCC(=O)Nc3cccc(Cl)c3C)c2)n1. The number of hydrogen-bond donors (Lipinski definition) is 1. The summed E-state index contributed by atoms with van der Waals surface area (Å²) in [6.07, 6.45) is 1.65. The summed E-state index contributed by atoms with van der Waals surface area (Å²) in [6.45, 7) is 3.62. The number of aromatic nitrogens is 3. The number of pyridine rings is 1. The summed E-state index contributed by atoms with van der Waals surface area (Å²) in [4.78, 5) is 20.6. The Morgan fingerprint density at radius 2 is 2.16 bits per heavy atom. The van der Waals surface area contributed by atoms with Gasteiger partial charge in [-0.3, -0.25) is 4.79 Å². The zero-order valence-electron chi connectivity index (χ0n) is 13.6. The Bertz CT molecular complexity index is 913. The summed E-state index contributed by atoms with van der Waals surface area (Å²) in [7, 11) is 0. The van der Waals surface area contributed by atoms with Crippen LogP contribution in [0.2, 0.25) is 5.02 Å². The van der Waals surface area contributed by atoms with Gasteiger partial charge in [0.05, 0.1) is 10.8 Å². The summed E-state index contributed by atoms with van der Waals surface area (Å²) in [5.74, 6) is 1.10. The third kappa shape index (κ3) is 4.37. The number of rotatable bonds is 5. The van der Waals surface area contributed by atoms with Gasteiger partial charge in [-0.1, -0.05) is 34.6 Å². The first-order valence-electron chi connectivity index (χ1n) is 7.47. The molecule has 1 aromatic carbocycles. The van der Waals surface area contributed by atoms with Gasteiger partial charge in [0.2, 0.25) is 5.91 Å². The van der Waals surface area contributed by atoms with Gasteiger partial charge in [0, 0.05) is 22.5 Å². The van der Waals surface area contributed by atoms with E-state index in [9.17, 15) is 4.79 Å². The van der Waals surface area contributed by atoms with Crippen molar-refractivity contribution in [2.75, 3.05) is 11.1 Å². The monoisotopic (exact) mass is 374 g/mol. The number of thioether (sulfide) groups is 1. The minimum atomic E-state index is -0.129. The molecule has 0 unspecified atom stereocenters. The molecule has 0 aliphatic carbocycles. The molecule has 3 rings (SSSR count). The molecule has 1 amide bonds. The second-order valence-corrected chi connectivity index (χ2v) is 6.68. The van der Waals surface area contributed by atoms with Crippen LogP contribution in [0.1, 0.15) is 11.4 Å². The second-order valence-electron chi connectivity index (χ2n) is 5.28. The lowest BCUT2D eigenvalue weighted by atomic mass is 10.2. The number of benzene rings is 1. The summed E-state index contributed by atoms with van der Waals surface area (Å²) >= 11 is 7.39. The minimum Gasteiger partial charge on any atom is -0.334 e. The van der Waals surface area contributed by atoms with Gasteiger partial charge in [-0.05, 0) is 43.7 Å². The number of anilines is 1. The fraction of sp³-hybridized carbons (Fsp3) is 0.176. The molecule has 1 N–H and O–H groups in total. The zero-order chi connectivity index (χ0) is 17.8. The lowest BCUT2D eigenvalue weighted by Crippen LogP contribution is -2.15. The number of hydrogen-bond acceptors (Lipinski definition) is 6. The van der Waals surface area contributed by atoms with E-state index in [1.807, 2.05) is 19.1 Å². The number of nitrogens with one attached hydrogen (secondary N) is 1. The summed E-state index contributed by atoms with van der Waals surface area (Å²) in [5, 5.41) is 7.95. The maximum Gasteiger partial charge on any atom is 0.258 e. The molecule has 0 bridgehead atoms. The van der Waals surface area contributed by atoms with Crippen LogP contribution in [-0.4, -0.2) is 26.8 Å². The molecule has 0 radical (unpaired) electrons. The van der Waals surface area contributed by atoms with E-state index in [-0.39, 0.29) is 11.7 Å². The highest BCUT2D eigenvalue weighted by Gasteiger charge is 2.10. The minimum absolute atomic E-state index is 0.129. The first-order chi connectivity index (χ1) is 12.0. The Labute approximate surface area is 154 Å². The van der Waals surface area contributed by atoms with Crippen molar-refractivity contribution < 1.29 is 9.32 Å². The van der Waals surface area contributed by atoms with Crippen LogP contribution in [0.25, 0.3) is 11.5 Å². The highest BCUT2D eigenvalue weighted by atomic mass is 35.5. The largest absolute Gasteiger partial charge is 0.334 e. The maximum atomic E-state index is 12.2. The second kappa shape index (κ2) is 7.67. The lowest BCUT2D eigenvalue weighted by Gasteiger charge is -2.09. The van der Waals surface area contributed by atoms with Crippen molar-refractivity contribution in [3.63, 3.8) is 0 Å². The maximum absolute atomic E-state index is 12.2. The van der Waals surface area contributed by atoms with E-state index in [0.29, 0.717) is 27.5 Å². The Morgan fingerprint density at radius 3 is 2.92 bits per heavy atom. The van der Waals surface area contributed by atoms with E-state index in [1.165, 1.54) is 11.8 Å². The fourth-order valence-electron chi connectivity index (χ4n) is 2.10. The molecule has 6 nitrogen and oxygen atoms in total. The van der Waals surface area contributed by atoms with Gasteiger partial charge >= 0.3 is 0 Å². The van der Waals surface area contributed by atoms with Gasteiger partial charge in [0.25, 0.3) is 5.89 Å². The molecule has 0 fully saturated rings. The van der Waals surface area contributed by atoms with Gasteiger partial charge in [-0.2, -0.15) is 4.98 Å². The average molecular weight is 375 g/mol. The highest BCUT2D eigenvalue weighted by Crippen LogP contribution is 2.25. The molecule has 0 saturated heterocycles. The highest BCUT2D eigenvalue weighted by molar-refractivity contribution is 7.99. The lowest BCUT2D eigenvalue weighted by molar-refractivity contribution is -0.113. The van der Waals surface area contributed by atoms with Gasteiger partial charge in [0.15, 0.2) is 5.82 Å². The molecular weight excluding hydrogens is 360 g/mol. The van der Waals surface area contributed by atoms with Crippen molar-refractivity contribution >= 4 is 35.0 Å². The van der Waals surface area contributed by atoms with Crippen molar-refractivity contribution in [3.8, 4) is 11.5 Å². The fourth-order valence-corrected chi connectivity index (χ4v) is 2.98. The van der Waals surface area contributed by atoms with Gasteiger partial charge in [-0.15, -0.1) is 0 Å². The van der Waals surface area contributed by atoms with E-state index in [1.54, 1.807) is 31.3 Å². The van der Waals surface area contributed by atoms with Gasteiger partial charge in [0.1, 0.15) is 0 Å². The van der Waals surface area contributed by atoms with Crippen LogP contribution in [0, 0.1) is 13.8 Å². The first kappa shape index (κ1) is 17.4. The predicted molar refractivity (Wildman–Crippen MR) is 97.8 cm³/mol. The smallest absolute Gasteiger partial charge is 0.258 e. The van der Waals surface area contributed by atoms with E-state index in [0.717, 1.165) is 11.1 Å². The van der Waals surface area contributed by atoms with Crippen molar-refractivity contribution in [1.29, 1.82) is 0 Å². The topological polar surface area (TPSA) is 80.9 Å². The Hall–Kier alpha value is -2.38. The van der Waals surface area contributed by atoms with Crippen LogP contribution in [0.3, 0.4) is 0 Å². The van der Waals surface area contributed by atoms with Crippen LogP contribution in [-0.2, 0) is 4.79 Å². The summed E-state index contributed by atoms with van der Waals surface area (Å²) in [5.41, 5.74) is 2.32. The van der Waals surface area contributed by atoms with Crippen LogP contribution >= 0.6 is 23.4 Å². The molecule has 0 spiro atoms. The Balaban J connectivity index is 1.63. The normalized spacial score (nSPS) is 10.7. The van der Waals surface area contributed by atoms with Crippen molar-refractivity contribution in [2.24, 2.45) is 0 Å². The molecular formula is C17H15ClN4O2S. The zero-order valence-corrected chi connectivity index (χ0v) is 15.2. The Morgan fingerprint density at radius 1 is 1.32 bits per heavy atom. The Kier molecular flexibility index (Phi) is 5.35. The molecule has 0 saturated carbocycles. The molecule has 25 heavy (non-hydrogen) atoms. The first-order valence-corrected chi connectivity index (χ1v) is 8.84. The average Bonchev–Trinajstić information content (AvgIpc) is 3.04.